The first-order valence-electron chi connectivity index (χ1n) is 13.1. The van der Waals surface area contributed by atoms with Gasteiger partial charge in [-0.1, -0.05) is 11.4 Å². The van der Waals surface area contributed by atoms with Crippen molar-refractivity contribution in [3.63, 3.8) is 0 Å². The van der Waals surface area contributed by atoms with Crippen LogP contribution in [0.25, 0.3) is 11.2 Å². The number of hydrogen-bond acceptors (Lipinski definition) is 15. The molecule has 6 N–H and O–H groups in total. The van der Waals surface area contributed by atoms with Crippen molar-refractivity contribution in [1.29, 1.82) is 0 Å². The molecule has 2 saturated heterocycles. The molecular weight excluding hydrogens is 611 g/mol. The summed E-state index contributed by atoms with van der Waals surface area (Å²) < 4.78 is 37.4. The predicted octanol–water partition coefficient (Wildman–Crippen LogP) is -0.236. The van der Waals surface area contributed by atoms with Crippen molar-refractivity contribution in [3.05, 3.63) is 6.33 Å². The van der Waals surface area contributed by atoms with E-state index in [1.807, 2.05) is 0 Å². The Morgan fingerprint density at radius 1 is 1.35 bits per heavy atom. The number of hydrogen-bond donors (Lipinski definition) is 5. The SMILES string of the molecule is COc1nc(N)nc2c1ncn2C1OC(CO[P@@](=O)(N[C@H](C)C(=O)OC(C)C)SCC2NC(=O)N(C)C2=O)[C@@H](O)[C@@]1(C)O. The molecule has 2 aliphatic rings. The Labute approximate surface area is 250 Å². The van der Waals surface area contributed by atoms with Crippen LogP contribution in [0, 0.1) is 0 Å². The van der Waals surface area contributed by atoms with Crippen LogP contribution >= 0.6 is 18.1 Å². The van der Waals surface area contributed by atoms with Crippen LogP contribution in [0.2, 0.25) is 0 Å². The molecule has 238 valence electrons. The summed E-state index contributed by atoms with van der Waals surface area (Å²) in [6.45, 7) is 1.49. The maximum Gasteiger partial charge on any atom is 0.327 e. The number of nitrogen functional groups attached to an aromatic ring is 1. The first kappa shape index (κ1) is 32.8. The first-order valence-corrected chi connectivity index (χ1v) is 16.3. The molecule has 20 heteroatoms. The second-order valence-electron chi connectivity index (χ2n) is 10.4. The summed E-state index contributed by atoms with van der Waals surface area (Å²) in [6, 6.07) is -2.70. The molecule has 2 aromatic rings. The Morgan fingerprint density at radius 2 is 2.05 bits per heavy atom. The maximum absolute atomic E-state index is 14.0. The van der Waals surface area contributed by atoms with Gasteiger partial charge in [0, 0.05) is 12.8 Å². The number of nitrogens with zero attached hydrogens (tertiary/aromatic N) is 5. The Kier molecular flexibility index (Phi) is 9.55. The number of nitrogens with two attached hydrogens (primary N) is 1. The van der Waals surface area contributed by atoms with Crippen LogP contribution in [-0.4, -0.2) is 115 Å². The van der Waals surface area contributed by atoms with Crippen LogP contribution in [-0.2, 0) is 28.2 Å². The molecule has 18 nitrogen and oxygen atoms in total. The number of imidazole rings is 1. The number of anilines is 1. The van der Waals surface area contributed by atoms with Gasteiger partial charge in [-0.05, 0) is 27.7 Å². The highest BCUT2D eigenvalue weighted by atomic mass is 32.7. The van der Waals surface area contributed by atoms with E-state index in [-0.39, 0.29) is 28.7 Å². The molecule has 4 rings (SSSR count). The van der Waals surface area contributed by atoms with E-state index in [0.29, 0.717) is 11.4 Å². The molecule has 0 aliphatic carbocycles. The second kappa shape index (κ2) is 12.5. The number of aliphatic hydroxyl groups excluding tert-OH is 1. The third-order valence-electron chi connectivity index (χ3n) is 6.72. The summed E-state index contributed by atoms with van der Waals surface area (Å²) in [5.41, 5.74) is 4.27. The Bertz CT molecular complexity index is 1440. The standard InChI is InChI=1S/C23H35N8O10PS/c1-10(2)40-19(34)11(3)29-42(37,43-8-12-18(33)30(5)22(35)26-12)39-7-13-15(32)23(4,36)20(41-13)31-9-25-14-16(31)27-21(24)28-17(14)38-6/h9-13,15,20,32,36H,7-8H2,1-6H3,(H,26,35)(H,29,37)(H2,24,27,28)/t11-,12?,13?,15-,20?,23-,42+/m1/s1. The van der Waals surface area contributed by atoms with Crippen LogP contribution in [0.5, 0.6) is 5.88 Å². The van der Waals surface area contributed by atoms with Gasteiger partial charge in [0.15, 0.2) is 17.4 Å². The fraction of sp³-hybridized carbons (Fsp3) is 0.652. The summed E-state index contributed by atoms with van der Waals surface area (Å²) in [5, 5.41) is 27.4. The van der Waals surface area contributed by atoms with Gasteiger partial charge >= 0.3 is 18.7 Å². The molecule has 7 atom stereocenters. The van der Waals surface area contributed by atoms with Crippen molar-refractivity contribution in [1.82, 2.24) is 34.8 Å². The number of rotatable bonds is 12. The number of aromatic nitrogens is 4. The number of fused-ring (bicyclic) bond motifs is 1. The zero-order chi connectivity index (χ0) is 31.9. The molecule has 0 aromatic carbocycles. The average molecular weight is 647 g/mol. The van der Waals surface area contributed by atoms with E-state index in [0.717, 1.165) is 4.90 Å². The molecule has 43 heavy (non-hydrogen) atoms. The largest absolute Gasteiger partial charge is 0.479 e. The van der Waals surface area contributed by atoms with Gasteiger partial charge in [-0.2, -0.15) is 9.97 Å². The van der Waals surface area contributed by atoms with E-state index in [1.165, 1.54) is 38.9 Å². The summed E-state index contributed by atoms with van der Waals surface area (Å²) in [4.78, 5) is 49.9. The van der Waals surface area contributed by atoms with Crippen molar-refractivity contribution in [3.8, 4) is 5.88 Å². The molecule has 3 amide bonds. The lowest BCUT2D eigenvalue weighted by Gasteiger charge is -2.27. The first-order chi connectivity index (χ1) is 20.1. The normalized spacial score (nSPS) is 27.9. The Hall–Kier alpha value is -3.06. The topological polar surface area (TPSA) is 243 Å². The zero-order valence-corrected chi connectivity index (χ0v) is 26.0. The van der Waals surface area contributed by atoms with Crippen molar-refractivity contribution >= 4 is 53.1 Å². The fourth-order valence-corrected chi connectivity index (χ4v) is 8.29. The van der Waals surface area contributed by atoms with Gasteiger partial charge in [-0.25, -0.2) is 14.9 Å². The minimum Gasteiger partial charge on any atom is -0.479 e. The van der Waals surface area contributed by atoms with E-state index in [2.05, 4.69) is 25.4 Å². The number of methoxy groups -OCH3 is 1. The molecule has 0 radical (unpaired) electrons. The molecular formula is C23H35N8O10PS. The van der Waals surface area contributed by atoms with Crippen molar-refractivity contribution < 1.29 is 47.9 Å². The molecule has 2 aliphatic heterocycles. The van der Waals surface area contributed by atoms with E-state index in [1.54, 1.807) is 13.8 Å². The highest BCUT2D eigenvalue weighted by molar-refractivity contribution is 8.56. The number of likely N-dealkylation sites (N-methyl/N-ethyl adjacent to an activating group) is 1. The van der Waals surface area contributed by atoms with Gasteiger partial charge in [0.2, 0.25) is 11.8 Å². The van der Waals surface area contributed by atoms with Crippen molar-refractivity contribution in [2.75, 3.05) is 32.3 Å². The summed E-state index contributed by atoms with van der Waals surface area (Å²) in [6.07, 6.45) is -3.16. The van der Waals surface area contributed by atoms with Gasteiger partial charge in [0.05, 0.1) is 26.1 Å². The maximum atomic E-state index is 14.0. The fourth-order valence-electron chi connectivity index (χ4n) is 4.43. The number of aliphatic hydroxyl groups is 2. The van der Waals surface area contributed by atoms with Gasteiger partial charge in [0.1, 0.15) is 29.9 Å². The number of ether oxygens (including phenoxy) is 3. The number of esters is 1. The lowest BCUT2D eigenvalue weighted by molar-refractivity contribution is -0.149. The van der Waals surface area contributed by atoms with E-state index < -0.39 is 73.5 Å². The lowest BCUT2D eigenvalue weighted by Crippen LogP contribution is -2.44. The van der Waals surface area contributed by atoms with Crippen LogP contribution < -0.4 is 20.9 Å². The van der Waals surface area contributed by atoms with Gasteiger partial charge in [-0.3, -0.25) is 23.6 Å². The van der Waals surface area contributed by atoms with E-state index in [4.69, 9.17) is 24.5 Å². The second-order valence-corrected chi connectivity index (χ2v) is 14.8. The van der Waals surface area contributed by atoms with E-state index in [9.17, 15) is 29.2 Å². The van der Waals surface area contributed by atoms with Crippen LogP contribution in [0.3, 0.4) is 0 Å². The number of urea groups is 1. The molecule has 0 bridgehead atoms. The third kappa shape index (κ3) is 6.72. The summed E-state index contributed by atoms with van der Waals surface area (Å²) in [5.74, 6) is -1.42. The quantitative estimate of drug-likeness (QED) is 0.114. The van der Waals surface area contributed by atoms with Crippen LogP contribution in [0.15, 0.2) is 6.33 Å². The van der Waals surface area contributed by atoms with Crippen molar-refractivity contribution in [2.45, 2.75) is 69.9 Å². The van der Waals surface area contributed by atoms with Gasteiger partial charge < -0.3 is 40.0 Å². The zero-order valence-electron chi connectivity index (χ0n) is 24.3. The average Bonchev–Trinajstić information content (AvgIpc) is 3.53. The number of imide groups is 1. The third-order valence-corrected chi connectivity index (χ3v) is 10.8. The van der Waals surface area contributed by atoms with Crippen LogP contribution in [0.1, 0.15) is 33.9 Å². The highest BCUT2D eigenvalue weighted by Crippen LogP contribution is 2.57. The summed E-state index contributed by atoms with van der Waals surface area (Å²) >= 11 is 0.677. The Balaban J connectivity index is 1.53. The molecule has 0 saturated carbocycles. The highest BCUT2D eigenvalue weighted by Gasteiger charge is 2.54. The number of amides is 3. The van der Waals surface area contributed by atoms with Gasteiger partial charge in [-0.15, -0.1) is 0 Å². The molecule has 2 aromatic heterocycles. The minimum atomic E-state index is -4.05. The molecule has 4 heterocycles. The molecule has 3 unspecified atom stereocenters. The van der Waals surface area contributed by atoms with Crippen molar-refractivity contribution in [2.24, 2.45) is 0 Å². The van der Waals surface area contributed by atoms with Crippen LogP contribution in [0.4, 0.5) is 10.7 Å². The smallest absolute Gasteiger partial charge is 0.327 e. The minimum absolute atomic E-state index is 0.0941. The summed E-state index contributed by atoms with van der Waals surface area (Å²) in [7, 11) is 2.68. The number of carbonyl (C=O) groups excluding carboxylic acids is 3. The number of nitrogens with one attached hydrogen (secondary N) is 2. The molecule has 2 fully saturated rings. The number of carbonyl (C=O) groups is 3. The van der Waals surface area contributed by atoms with E-state index >= 15 is 0 Å². The lowest BCUT2D eigenvalue weighted by atomic mass is 9.96. The monoisotopic (exact) mass is 646 g/mol. The van der Waals surface area contributed by atoms with Gasteiger partial charge in [0.25, 0.3) is 5.91 Å². The molecule has 0 spiro atoms. The predicted molar refractivity (Wildman–Crippen MR) is 152 cm³/mol. The Morgan fingerprint density at radius 3 is 2.65 bits per heavy atom.